The first-order valence-electron chi connectivity index (χ1n) is 7.46. The molecule has 0 saturated heterocycles. The van der Waals surface area contributed by atoms with Crippen LogP contribution < -0.4 is 10.6 Å². The van der Waals surface area contributed by atoms with Gasteiger partial charge >= 0.3 is 6.03 Å². The highest BCUT2D eigenvalue weighted by molar-refractivity contribution is 5.74. The van der Waals surface area contributed by atoms with Crippen molar-refractivity contribution in [2.24, 2.45) is 5.92 Å². The Hall–Kier alpha value is -0.770. The van der Waals surface area contributed by atoms with E-state index < -0.39 is 0 Å². The molecule has 18 heavy (non-hydrogen) atoms. The van der Waals surface area contributed by atoms with Crippen LogP contribution >= 0.6 is 0 Å². The maximum absolute atomic E-state index is 11.9. The lowest BCUT2D eigenvalue weighted by Crippen LogP contribution is -2.47. The molecule has 0 aromatic carbocycles. The predicted molar refractivity (Wildman–Crippen MR) is 71.4 cm³/mol. The fourth-order valence-corrected chi connectivity index (χ4v) is 3.15. The van der Waals surface area contributed by atoms with Gasteiger partial charge < -0.3 is 15.7 Å². The molecule has 4 heteroatoms. The number of rotatable bonds is 3. The van der Waals surface area contributed by atoms with E-state index in [-0.39, 0.29) is 6.03 Å². The Bertz CT molecular complexity index is 257. The third-order valence-corrected chi connectivity index (χ3v) is 4.38. The van der Waals surface area contributed by atoms with E-state index in [4.69, 9.17) is 5.11 Å². The molecule has 3 N–H and O–H groups in total. The number of hydrogen-bond acceptors (Lipinski definition) is 2. The molecule has 0 aliphatic heterocycles. The second kappa shape index (κ2) is 6.98. The van der Waals surface area contributed by atoms with Crippen LogP contribution in [0.15, 0.2) is 0 Å². The summed E-state index contributed by atoms with van der Waals surface area (Å²) in [6, 6.07) is 0.693. The van der Waals surface area contributed by atoms with E-state index in [0.717, 1.165) is 38.5 Å². The van der Waals surface area contributed by atoms with Gasteiger partial charge in [0.15, 0.2) is 0 Å². The van der Waals surface area contributed by atoms with Gasteiger partial charge in [0.2, 0.25) is 0 Å². The lowest BCUT2D eigenvalue weighted by molar-refractivity contribution is 0.173. The number of carbonyl (C=O) groups is 1. The highest BCUT2D eigenvalue weighted by Crippen LogP contribution is 2.23. The maximum Gasteiger partial charge on any atom is 0.315 e. The van der Waals surface area contributed by atoms with Crippen LogP contribution in [0.2, 0.25) is 0 Å². The molecule has 2 aliphatic rings. The predicted octanol–water partition coefficient (Wildman–Crippen LogP) is 2.17. The first-order chi connectivity index (χ1) is 8.78. The van der Waals surface area contributed by atoms with E-state index in [1.807, 2.05) is 0 Å². The van der Waals surface area contributed by atoms with Gasteiger partial charge in [-0.3, -0.25) is 0 Å². The third-order valence-electron chi connectivity index (χ3n) is 4.38. The normalized spacial score (nSPS) is 29.8. The zero-order valence-corrected chi connectivity index (χ0v) is 11.2. The summed E-state index contributed by atoms with van der Waals surface area (Å²) in [5.74, 6) is 0.449. The molecule has 0 heterocycles. The van der Waals surface area contributed by atoms with Crippen LogP contribution in [0.1, 0.15) is 57.8 Å². The standard InChI is InChI=1S/C14H26N2O2/c17-10-11-6-8-13(9-7-11)16-14(18)15-12-4-2-1-3-5-12/h11-13,17H,1-10H2,(H2,15,16,18). The number of urea groups is 1. The van der Waals surface area contributed by atoms with E-state index in [0.29, 0.717) is 24.6 Å². The molecule has 2 rings (SSSR count). The van der Waals surface area contributed by atoms with Gasteiger partial charge in [0.25, 0.3) is 0 Å². The van der Waals surface area contributed by atoms with Crippen LogP contribution in [0.3, 0.4) is 0 Å². The van der Waals surface area contributed by atoms with Crippen LogP contribution in [-0.4, -0.2) is 29.8 Å². The molecule has 0 aromatic heterocycles. The van der Waals surface area contributed by atoms with Gasteiger partial charge in [0.05, 0.1) is 0 Å². The van der Waals surface area contributed by atoms with Gasteiger partial charge in [0.1, 0.15) is 0 Å². The molecule has 2 amide bonds. The molecule has 0 radical (unpaired) electrons. The summed E-state index contributed by atoms with van der Waals surface area (Å²) >= 11 is 0. The van der Waals surface area contributed by atoms with Crippen molar-refractivity contribution in [3.63, 3.8) is 0 Å². The second-order valence-corrected chi connectivity index (χ2v) is 5.85. The van der Waals surface area contributed by atoms with E-state index in [9.17, 15) is 4.79 Å². The minimum atomic E-state index is 0.00866. The fraction of sp³-hybridized carbons (Fsp3) is 0.929. The molecule has 2 saturated carbocycles. The molecular formula is C14H26N2O2. The van der Waals surface area contributed by atoms with Crippen LogP contribution in [0.4, 0.5) is 4.79 Å². The molecular weight excluding hydrogens is 228 g/mol. The van der Waals surface area contributed by atoms with Gasteiger partial charge in [-0.2, -0.15) is 0 Å². The molecule has 2 fully saturated rings. The molecule has 2 aliphatic carbocycles. The van der Waals surface area contributed by atoms with Crippen LogP contribution in [0, 0.1) is 5.92 Å². The van der Waals surface area contributed by atoms with Crippen molar-refractivity contribution in [2.45, 2.75) is 69.9 Å². The Morgan fingerprint density at radius 3 is 2.00 bits per heavy atom. The summed E-state index contributed by atoms with van der Waals surface area (Å²) in [5.41, 5.74) is 0. The van der Waals surface area contributed by atoms with Crippen molar-refractivity contribution in [3.8, 4) is 0 Å². The van der Waals surface area contributed by atoms with E-state index in [2.05, 4.69) is 10.6 Å². The summed E-state index contributed by atoms with van der Waals surface area (Å²) in [6.45, 7) is 0.293. The molecule has 0 spiro atoms. The van der Waals surface area contributed by atoms with Gasteiger partial charge in [-0.1, -0.05) is 19.3 Å². The van der Waals surface area contributed by atoms with E-state index >= 15 is 0 Å². The first kappa shape index (κ1) is 13.7. The van der Waals surface area contributed by atoms with Crippen molar-refractivity contribution in [1.29, 1.82) is 0 Å². The van der Waals surface area contributed by atoms with Crippen molar-refractivity contribution in [2.75, 3.05) is 6.61 Å². The van der Waals surface area contributed by atoms with Gasteiger partial charge in [-0.15, -0.1) is 0 Å². The van der Waals surface area contributed by atoms with Crippen molar-refractivity contribution in [3.05, 3.63) is 0 Å². The third kappa shape index (κ3) is 4.16. The zero-order chi connectivity index (χ0) is 12.8. The fourth-order valence-electron chi connectivity index (χ4n) is 3.15. The average molecular weight is 254 g/mol. The van der Waals surface area contributed by atoms with Gasteiger partial charge in [-0.25, -0.2) is 4.79 Å². The molecule has 0 bridgehead atoms. The molecule has 104 valence electrons. The van der Waals surface area contributed by atoms with Crippen LogP contribution in [0.5, 0.6) is 0 Å². The molecule has 0 aromatic rings. The summed E-state index contributed by atoms with van der Waals surface area (Å²) in [4.78, 5) is 11.9. The number of hydrogen-bond donors (Lipinski definition) is 3. The van der Waals surface area contributed by atoms with Crippen LogP contribution in [0.25, 0.3) is 0 Å². The first-order valence-corrected chi connectivity index (χ1v) is 7.46. The minimum Gasteiger partial charge on any atom is -0.396 e. The van der Waals surface area contributed by atoms with Crippen LogP contribution in [-0.2, 0) is 0 Å². The van der Waals surface area contributed by atoms with Crippen molar-refractivity contribution < 1.29 is 9.90 Å². The quantitative estimate of drug-likeness (QED) is 0.723. The summed E-state index contributed by atoms with van der Waals surface area (Å²) < 4.78 is 0. The largest absolute Gasteiger partial charge is 0.396 e. The Labute approximate surface area is 110 Å². The highest BCUT2D eigenvalue weighted by Gasteiger charge is 2.23. The number of aliphatic hydroxyl groups excluding tert-OH is 1. The Morgan fingerprint density at radius 1 is 0.889 bits per heavy atom. The van der Waals surface area contributed by atoms with E-state index in [1.54, 1.807) is 0 Å². The SMILES string of the molecule is O=C(NC1CCCCC1)NC1CCC(CO)CC1. The minimum absolute atomic E-state index is 0.00866. The number of nitrogens with one attached hydrogen (secondary N) is 2. The summed E-state index contributed by atoms with van der Waals surface area (Å²) in [7, 11) is 0. The smallest absolute Gasteiger partial charge is 0.315 e. The Balaban J connectivity index is 1.65. The molecule has 0 atom stereocenters. The molecule has 0 unspecified atom stereocenters. The number of aliphatic hydroxyl groups is 1. The van der Waals surface area contributed by atoms with E-state index in [1.165, 1.54) is 19.3 Å². The molecule has 4 nitrogen and oxygen atoms in total. The van der Waals surface area contributed by atoms with Gasteiger partial charge in [-0.05, 0) is 44.4 Å². The zero-order valence-electron chi connectivity index (χ0n) is 11.2. The average Bonchev–Trinajstić information content (AvgIpc) is 2.40. The summed E-state index contributed by atoms with van der Waals surface area (Å²) in [5, 5.41) is 15.2. The van der Waals surface area contributed by atoms with Gasteiger partial charge in [0, 0.05) is 18.7 Å². The lowest BCUT2D eigenvalue weighted by Gasteiger charge is -2.29. The monoisotopic (exact) mass is 254 g/mol. The highest BCUT2D eigenvalue weighted by atomic mass is 16.3. The number of carbonyl (C=O) groups excluding carboxylic acids is 1. The lowest BCUT2D eigenvalue weighted by atomic mass is 9.86. The Kier molecular flexibility index (Phi) is 5.29. The Morgan fingerprint density at radius 2 is 1.44 bits per heavy atom. The summed E-state index contributed by atoms with van der Waals surface area (Å²) in [6.07, 6.45) is 10.1. The maximum atomic E-state index is 11.9. The van der Waals surface area contributed by atoms with Crippen molar-refractivity contribution in [1.82, 2.24) is 10.6 Å². The second-order valence-electron chi connectivity index (χ2n) is 5.85. The van der Waals surface area contributed by atoms with Crippen molar-refractivity contribution >= 4 is 6.03 Å². The number of amides is 2. The topological polar surface area (TPSA) is 61.4 Å².